The molecule has 0 spiro atoms. The highest BCUT2D eigenvalue weighted by Crippen LogP contribution is 2.34. The van der Waals surface area contributed by atoms with E-state index in [2.05, 4.69) is 30.5 Å². The molecule has 0 saturated heterocycles. The fourth-order valence-corrected chi connectivity index (χ4v) is 3.70. The minimum Gasteiger partial charge on any atom is -0.384 e. The van der Waals surface area contributed by atoms with Crippen LogP contribution >= 0.6 is 11.6 Å². The molecule has 34 heavy (non-hydrogen) atoms. The zero-order valence-corrected chi connectivity index (χ0v) is 18.2. The Balaban J connectivity index is 1.53. The van der Waals surface area contributed by atoms with Crippen LogP contribution in [0.4, 0.5) is 30.6 Å². The van der Waals surface area contributed by atoms with Gasteiger partial charge in [-0.3, -0.25) is 0 Å². The van der Waals surface area contributed by atoms with Gasteiger partial charge in [-0.2, -0.15) is 23.4 Å². The molecule has 0 fully saturated rings. The number of alkyl halides is 3. The molecule has 3 N–H and O–H groups in total. The van der Waals surface area contributed by atoms with Crippen LogP contribution in [0.15, 0.2) is 54.9 Å². The average molecular weight is 486 g/mol. The van der Waals surface area contributed by atoms with Crippen LogP contribution in [0.5, 0.6) is 0 Å². The van der Waals surface area contributed by atoms with Crippen molar-refractivity contribution in [2.75, 3.05) is 11.1 Å². The van der Waals surface area contributed by atoms with Crippen molar-refractivity contribution in [3.05, 3.63) is 71.3 Å². The summed E-state index contributed by atoms with van der Waals surface area (Å²) in [6, 6.07) is 9.83. The molecule has 0 radical (unpaired) electrons. The quantitative estimate of drug-likeness (QED) is 0.380. The van der Waals surface area contributed by atoms with Crippen LogP contribution in [-0.4, -0.2) is 34.3 Å². The number of nitrogens with one attached hydrogen (secondary N) is 1. The summed E-state index contributed by atoms with van der Waals surface area (Å²) >= 11 is 6.10. The van der Waals surface area contributed by atoms with E-state index in [1.807, 2.05) is 0 Å². The van der Waals surface area contributed by atoms with Gasteiger partial charge in [0.05, 0.1) is 22.0 Å². The van der Waals surface area contributed by atoms with Gasteiger partial charge in [0.15, 0.2) is 17.3 Å². The average Bonchev–Trinajstić information content (AvgIpc) is 3.36. The Labute approximate surface area is 195 Å². The topological polar surface area (TPSA) is 112 Å². The number of aromatic nitrogens is 7. The first-order valence-corrected chi connectivity index (χ1v) is 10.2. The summed E-state index contributed by atoms with van der Waals surface area (Å²) in [7, 11) is 0. The van der Waals surface area contributed by atoms with Crippen molar-refractivity contribution in [3.8, 4) is 17.1 Å². The number of imidazole rings is 1. The molecule has 172 valence electrons. The highest BCUT2D eigenvalue weighted by atomic mass is 35.5. The van der Waals surface area contributed by atoms with Gasteiger partial charge in [-0.05, 0) is 37.3 Å². The molecule has 0 amide bonds. The number of rotatable bonds is 4. The van der Waals surface area contributed by atoms with Gasteiger partial charge >= 0.3 is 6.18 Å². The molecule has 0 aliphatic carbocycles. The van der Waals surface area contributed by atoms with Gasteiger partial charge in [0.25, 0.3) is 0 Å². The molecule has 4 aromatic heterocycles. The molecule has 0 unspecified atom stereocenters. The maximum Gasteiger partial charge on any atom is 0.416 e. The van der Waals surface area contributed by atoms with Gasteiger partial charge in [-0.1, -0.05) is 11.6 Å². The van der Waals surface area contributed by atoms with E-state index in [1.54, 1.807) is 48.1 Å². The van der Waals surface area contributed by atoms with Crippen molar-refractivity contribution in [2.45, 2.75) is 13.1 Å². The minimum absolute atomic E-state index is 0.0889. The number of benzene rings is 1. The van der Waals surface area contributed by atoms with Crippen LogP contribution in [0.25, 0.3) is 22.7 Å². The Hall–Kier alpha value is -4.19. The molecule has 0 saturated carbocycles. The third-order valence-electron chi connectivity index (χ3n) is 4.85. The van der Waals surface area contributed by atoms with Crippen molar-refractivity contribution >= 4 is 34.7 Å². The number of anilines is 3. The summed E-state index contributed by atoms with van der Waals surface area (Å²) in [5, 5.41) is 11.8. The molecule has 5 aromatic rings. The Bertz CT molecular complexity index is 1500. The SMILES string of the molecule is Cc1nc(N)cc(-c2c(Nc3ccn(-c4ccc(C(F)(F)F)cc4Cl)n3)nc3cccnn23)n1. The molecular weight excluding hydrogens is 471 g/mol. The predicted octanol–water partition coefficient (Wildman–Crippen LogP) is 4.68. The lowest BCUT2D eigenvalue weighted by Crippen LogP contribution is -2.06. The maximum absolute atomic E-state index is 12.9. The van der Waals surface area contributed by atoms with Crippen LogP contribution in [0, 0.1) is 6.92 Å². The number of fused-ring (bicyclic) bond motifs is 1. The molecule has 0 aliphatic heterocycles. The molecule has 9 nitrogen and oxygen atoms in total. The highest BCUT2D eigenvalue weighted by molar-refractivity contribution is 6.32. The Morgan fingerprint density at radius 1 is 1.06 bits per heavy atom. The molecule has 0 atom stereocenters. The van der Waals surface area contributed by atoms with Crippen molar-refractivity contribution in [1.29, 1.82) is 0 Å². The Morgan fingerprint density at radius 2 is 1.88 bits per heavy atom. The fourth-order valence-electron chi connectivity index (χ4n) is 3.43. The summed E-state index contributed by atoms with van der Waals surface area (Å²) < 4.78 is 41.8. The Kier molecular flexibility index (Phi) is 5.09. The highest BCUT2D eigenvalue weighted by Gasteiger charge is 2.31. The summed E-state index contributed by atoms with van der Waals surface area (Å²) in [5.74, 6) is 1.55. The first-order chi connectivity index (χ1) is 16.2. The van der Waals surface area contributed by atoms with E-state index in [1.165, 1.54) is 10.7 Å². The van der Waals surface area contributed by atoms with Crippen LogP contribution in [0.3, 0.4) is 0 Å². The number of hydrogen-bond donors (Lipinski definition) is 2. The largest absolute Gasteiger partial charge is 0.416 e. The predicted molar refractivity (Wildman–Crippen MR) is 120 cm³/mol. The fraction of sp³-hybridized carbons (Fsp3) is 0.0952. The van der Waals surface area contributed by atoms with E-state index < -0.39 is 11.7 Å². The lowest BCUT2D eigenvalue weighted by atomic mass is 10.2. The van der Waals surface area contributed by atoms with Gasteiger partial charge in [0.2, 0.25) is 0 Å². The van der Waals surface area contributed by atoms with E-state index in [9.17, 15) is 13.2 Å². The second kappa shape index (κ2) is 7.99. The standard InChI is InChI=1S/C21H15ClF3N9/c1-11-28-14(10-16(26)29-11)19-20(31-18-3-2-7-27-34(18)19)30-17-6-8-33(32-17)15-5-4-12(9-13(15)22)21(23,24)25/h2-10H,1H3,(H,30,32)(H2,26,28,29). The lowest BCUT2D eigenvalue weighted by Gasteiger charge is -2.10. The number of halogens is 4. The molecule has 4 heterocycles. The van der Waals surface area contributed by atoms with E-state index in [0.29, 0.717) is 46.0 Å². The zero-order chi connectivity index (χ0) is 24.0. The van der Waals surface area contributed by atoms with Crippen molar-refractivity contribution in [2.24, 2.45) is 0 Å². The summed E-state index contributed by atoms with van der Waals surface area (Å²) in [6.45, 7) is 1.72. The monoisotopic (exact) mass is 485 g/mol. The molecule has 1 aromatic carbocycles. The zero-order valence-electron chi connectivity index (χ0n) is 17.4. The smallest absolute Gasteiger partial charge is 0.384 e. The first kappa shape index (κ1) is 21.6. The maximum atomic E-state index is 12.9. The summed E-state index contributed by atoms with van der Waals surface area (Å²) in [6.07, 6.45) is -1.31. The molecule has 5 rings (SSSR count). The van der Waals surface area contributed by atoms with Gasteiger partial charge in [-0.25, -0.2) is 24.1 Å². The van der Waals surface area contributed by atoms with Crippen LogP contribution in [0.1, 0.15) is 11.4 Å². The third kappa shape index (κ3) is 3.99. The second-order valence-corrected chi connectivity index (χ2v) is 7.67. The van der Waals surface area contributed by atoms with E-state index in [0.717, 1.165) is 12.1 Å². The first-order valence-electron chi connectivity index (χ1n) is 9.84. The van der Waals surface area contributed by atoms with E-state index in [-0.39, 0.29) is 5.02 Å². The summed E-state index contributed by atoms with van der Waals surface area (Å²) in [4.78, 5) is 13.1. The second-order valence-electron chi connectivity index (χ2n) is 7.26. The number of aryl methyl sites for hydroxylation is 1. The van der Waals surface area contributed by atoms with Crippen molar-refractivity contribution < 1.29 is 13.2 Å². The molecular formula is C21H15ClF3N9. The third-order valence-corrected chi connectivity index (χ3v) is 5.15. The number of nitrogen functional groups attached to an aromatic ring is 1. The lowest BCUT2D eigenvalue weighted by molar-refractivity contribution is -0.137. The Morgan fingerprint density at radius 3 is 2.62 bits per heavy atom. The number of nitrogens with two attached hydrogens (primary N) is 1. The van der Waals surface area contributed by atoms with Crippen LogP contribution < -0.4 is 11.1 Å². The molecule has 0 aliphatic rings. The molecule has 13 heteroatoms. The molecule has 0 bridgehead atoms. The van der Waals surface area contributed by atoms with Gasteiger partial charge in [0, 0.05) is 24.5 Å². The van der Waals surface area contributed by atoms with Crippen LogP contribution in [0.2, 0.25) is 5.02 Å². The van der Waals surface area contributed by atoms with Crippen molar-refractivity contribution in [1.82, 2.24) is 34.3 Å². The number of hydrogen-bond acceptors (Lipinski definition) is 7. The van der Waals surface area contributed by atoms with Crippen LogP contribution in [-0.2, 0) is 6.18 Å². The van der Waals surface area contributed by atoms with Gasteiger partial charge < -0.3 is 11.1 Å². The summed E-state index contributed by atoms with van der Waals surface area (Å²) in [5.41, 5.74) is 6.96. The van der Waals surface area contributed by atoms with Crippen molar-refractivity contribution in [3.63, 3.8) is 0 Å². The van der Waals surface area contributed by atoms with Gasteiger partial charge in [0.1, 0.15) is 17.3 Å². The minimum atomic E-state index is -4.49. The normalized spacial score (nSPS) is 11.8. The van der Waals surface area contributed by atoms with E-state index in [4.69, 9.17) is 17.3 Å². The van der Waals surface area contributed by atoms with Gasteiger partial charge in [-0.15, -0.1) is 0 Å². The number of nitrogens with zero attached hydrogens (tertiary/aromatic N) is 7. The van der Waals surface area contributed by atoms with E-state index >= 15 is 0 Å².